The summed E-state index contributed by atoms with van der Waals surface area (Å²) in [7, 11) is 0. The number of carbonyl (C=O) groups is 1. The Bertz CT molecular complexity index is 528. The van der Waals surface area contributed by atoms with Crippen LogP contribution in [-0.2, 0) is 11.3 Å². The number of anilines is 1. The van der Waals surface area contributed by atoms with Gasteiger partial charge in [0.15, 0.2) is 0 Å². The molecule has 21 heavy (non-hydrogen) atoms. The number of rotatable bonds is 4. The summed E-state index contributed by atoms with van der Waals surface area (Å²) in [6.07, 6.45) is 4.36. The van der Waals surface area contributed by atoms with Crippen molar-refractivity contribution in [1.82, 2.24) is 4.90 Å². The maximum Gasteiger partial charge on any atom is 0.234 e. The smallest absolute Gasteiger partial charge is 0.234 e. The summed E-state index contributed by atoms with van der Waals surface area (Å²) in [5.74, 6) is -0.220. The Hall–Kier alpha value is -1.26. The molecule has 1 aromatic carbocycles. The number of hydrogen-bond donors (Lipinski definition) is 1. The van der Waals surface area contributed by atoms with E-state index in [0.717, 1.165) is 43.1 Å². The van der Waals surface area contributed by atoms with Gasteiger partial charge in [0.1, 0.15) is 0 Å². The quantitative estimate of drug-likeness (QED) is 0.929. The van der Waals surface area contributed by atoms with Gasteiger partial charge in [-0.25, -0.2) is 0 Å². The molecule has 2 aliphatic heterocycles. The summed E-state index contributed by atoms with van der Waals surface area (Å²) in [5, 5.41) is 0.787. The lowest BCUT2D eigenvalue weighted by Gasteiger charge is -2.27. The molecule has 0 saturated carbocycles. The molecule has 1 aromatic rings. The van der Waals surface area contributed by atoms with Crippen LogP contribution in [0.5, 0.6) is 0 Å². The molecule has 0 bridgehead atoms. The summed E-state index contributed by atoms with van der Waals surface area (Å²) in [4.78, 5) is 16.1. The van der Waals surface area contributed by atoms with Crippen molar-refractivity contribution >= 4 is 23.2 Å². The highest BCUT2D eigenvalue weighted by atomic mass is 35.5. The number of nitrogens with zero attached hydrogens (tertiary/aromatic N) is 2. The van der Waals surface area contributed by atoms with E-state index in [1.165, 1.54) is 18.5 Å². The molecule has 2 heterocycles. The summed E-state index contributed by atoms with van der Waals surface area (Å²) < 4.78 is 0. The van der Waals surface area contributed by atoms with Gasteiger partial charge >= 0.3 is 0 Å². The maximum atomic E-state index is 11.6. The summed E-state index contributed by atoms with van der Waals surface area (Å²) in [6, 6.07) is 5.94. The molecule has 0 unspecified atom stereocenters. The van der Waals surface area contributed by atoms with Crippen LogP contribution in [0.4, 0.5) is 5.69 Å². The summed E-state index contributed by atoms with van der Waals surface area (Å²) in [5.41, 5.74) is 7.87. The van der Waals surface area contributed by atoms with Gasteiger partial charge in [-0.05, 0) is 44.4 Å². The highest BCUT2D eigenvalue weighted by Gasteiger charge is 2.30. The van der Waals surface area contributed by atoms with E-state index < -0.39 is 0 Å². The lowest BCUT2D eigenvalue weighted by molar-refractivity contribution is -0.122. The third-order valence-corrected chi connectivity index (χ3v) is 4.95. The highest BCUT2D eigenvalue weighted by Crippen LogP contribution is 2.32. The molecule has 1 atom stereocenters. The van der Waals surface area contributed by atoms with E-state index in [1.807, 2.05) is 12.1 Å². The number of hydrogen-bond acceptors (Lipinski definition) is 3. The van der Waals surface area contributed by atoms with Crippen molar-refractivity contribution in [2.45, 2.75) is 38.3 Å². The van der Waals surface area contributed by atoms with Crippen LogP contribution in [-0.4, -0.2) is 36.5 Å². The van der Waals surface area contributed by atoms with E-state index in [2.05, 4.69) is 15.9 Å². The molecule has 2 N–H and O–H groups in total. The van der Waals surface area contributed by atoms with Crippen molar-refractivity contribution in [3.8, 4) is 0 Å². The minimum atomic E-state index is -0.220. The molecular weight excluding hydrogens is 286 g/mol. The molecule has 0 aliphatic carbocycles. The predicted octanol–water partition coefficient (Wildman–Crippen LogP) is 2.39. The van der Waals surface area contributed by atoms with E-state index >= 15 is 0 Å². The van der Waals surface area contributed by atoms with Crippen molar-refractivity contribution in [3.63, 3.8) is 0 Å². The zero-order valence-electron chi connectivity index (χ0n) is 12.2. The summed E-state index contributed by atoms with van der Waals surface area (Å²) in [6.45, 7) is 3.80. The first-order valence-corrected chi connectivity index (χ1v) is 8.10. The van der Waals surface area contributed by atoms with Crippen molar-refractivity contribution < 1.29 is 4.79 Å². The predicted molar refractivity (Wildman–Crippen MR) is 85.5 cm³/mol. The Balaban J connectivity index is 1.85. The molecule has 3 rings (SSSR count). The van der Waals surface area contributed by atoms with Crippen LogP contribution in [0, 0.1) is 0 Å². The molecule has 2 fully saturated rings. The van der Waals surface area contributed by atoms with Crippen molar-refractivity contribution in [3.05, 3.63) is 28.8 Å². The second-order valence-electron chi connectivity index (χ2n) is 5.96. The van der Waals surface area contributed by atoms with Gasteiger partial charge in [0, 0.05) is 35.9 Å². The van der Waals surface area contributed by atoms with E-state index in [0.29, 0.717) is 6.54 Å². The number of benzene rings is 1. The van der Waals surface area contributed by atoms with Crippen molar-refractivity contribution in [2.24, 2.45) is 5.73 Å². The average molecular weight is 308 g/mol. The lowest BCUT2D eigenvalue weighted by Crippen LogP contribution is -2.40. The van der Waals surface area contributed by atoms with Gasteiger partial charge in [-0.3, -0.25) is 9.69 Å². The van der Waals surface area contributed by atoms with E-state index in [1.54, 1.807) is 0 Å². The molecule has 4 nitrogen and oxygen atoms in total. The number of nitrogens with two attached hydrogens (primary N) is 1. The van der Waals surface area contributed by atoms with Crippen LogP contribution >= 0.6 is 11.6 Å². The van der Waals surface area contributed by atoms with Gasteiger partial charge in [0.2, 0.25) is 5.91 Å². The minimum absolute atomic E-state index is 0.146. The van der Waals surface area contributed by atoms with Gasteiger partial charge in [-0.1, -0.05) is 17.7 Å². The normalized spacial score (nSPS) is 22.9. The average Bonchev–Trinajstić information content (AvgIpc) is 3.11. The second-order valence-corrected chi connectivity index (χ2v) is 6.37. The van der Waals surface area contributed by atoms with Gasteiger partial charge in [-0.15, -0.1) is 0 Å². The zero-order chi connectivity index (χ0) is 14.8. The molecule has 5 heteroatoms. The number of likely N-dealkylation sites (tertiary alicyclic amines) is 1. The number of amides is 1. The third kappa shape index (κ3) is 3.01. The second kappa shape index (κ2) is 6.24. The van der Waals surface area contributed by atoms with E-state index in [4.69, 9.17) is 17.3 Å². The van der Waals surface area contributed by atoms with Crippen LogP contribution < -0.4 is 10.6 Å². The van der Waals surface area contributed by atoms with Gasteiger partial charge in [0.05, 0.1) is 6.04 Å². The largest absolute Gasteiger partial charge is 0.371 e. The molecule has 0 spiro atoms. The first-order chi connectivity index (χ1) is 10.2. The Morgan fingerprint density at radius 1 is 1.24 bits per heavy atom. The van der Waals surface area contributed by atoms with Crippen molar-refractivity contribution in [1.29, 1.82) is 0 Å². The Kier molecular flexibility index (Phi) is 4.36. The number of carbonyl (C=O) groups excluding carboxylic acids is 1. The third-order valence-electron chi connectivity index (χ3n) is 4.59. The molecule has 2 saturated heterocycles. The first-order valence-electron chi connectivity index (χ1n) is 7.72. The monoisotopic (exact) mass is 307 g/mol. The van der Waals surface area contributed by atoms with Crippen LogP contribution in [0.25, 0.3) is 0 Å². The van der Waals surface area contributed by atoms with Gasteiger partial charge in [-0.2, -0.15) is 0 Å². The van der Waals surface area contributed by atoms with Crippen LogP contribution in [0.1, 0.15) is 31.2 Å². The minimum Gasteiger partial charge on any atom is -0.371 e. The lowest BCUT2D eigenvalue weighted by atomic mass is 10.1. The van der Waals surface area contributed by atoms with Crippen LogP contribution in [0.15, 0.2) is 18.2 Å². The van der Waals surface area contributed by atoms with E-state index in [9.17, 15) is 4.79 Å². The van der Waals surface area contributed by atoms with Gasteiger partial charge < -0.3 is 10.6 Å². The molecule has 1 amide bonds. The fourth-order valence-electron chi connectivity index (χ4n) is 3.50. The van der Waals surface area contributed by atoms with E-state index in [-0.39, 0.29) is 11.9 Å². The Morgan fingerprint density at radius 2 is 2.00 bits per heavy atom. The molecule has 0 aromatic heterocycles. The number of primary amides is 1. The van der Waals surface area contributed by atoms with Crippen LogP contribution in [0.2, 0.25) is 5.02 Å². The van der Waals surface area contributed by atoms with Crippen LogP contribution in [0.3, 0.4) is 0 Å². The topological polar surface area (TPSA) is 49.6 Å². The SMILES string of the molecule is NC(=O)[C@@H]1CCCN1Cc1c(Cl)cccc1N1CCCC1. The standard InChI is InChI=1S/C16H22ClN3O/c17-13-5-3-6-14(19-8-1-2-9-19)12(13)11-20-10-4-7-15(20)16(18)21/h3,5-6,15H,1-2,4,7-11H2,(H2,18,21)/t15-/m0/s1. The fraction of sp³-hybridized carbons (Fsp3) is 0.562. The molecule has 0 radical (unpaired) electrons. The molecular formula is C16H22ClN3O. The Morgan fingerprint density at radius 3 is 2.71 bits per heavy atom. The zero-order valence-corrected chi connectivity index (χ0v) is 13.0. The summed E-state index contributed by atoms with van der Waals surface area (Å²) >= 11 is 6.44. The molecule has 114 valence electrons. The fourth-order valence-corrected chi connectivity index (χ4v) is 3.73. The highest BCUT2D eigenvalue weighted by molar-refractivity contribution is 6.31. The Labute approximate surface area is 130 Å². The van der Waals surface area contributed by atoms with Crippen molar-refractivity contribution in [2.75, 3.05) is 24.5 Å². The number of halogens is 1. The first kappa shape index (κ1) is 14.7. The van der Waals surface area contributed by atoms with Gasteiger partial charge in [0.25, 0.3) is 0 Å². The maximum absolute atomic E-state index is 11.6. The molecule has 2 aliphatic rings.